The molecule has 0 bridgehead atoms. The molecule has 5 heteroatoms. The summed E-state index contributed by atoms with van der Waals surface area (Å²) in [6, 6.07) is 0. The molecule has 0 aliphatic carbocycles. The maximum Gasteiger partial charge on any atom is 0.246 e. The molecule has 0 unspecified atom stereocenters. The Morgan fingerprint density at radius 2 is 1.24 bits per heavy atom. The maximum atomic E-state index is 9.01. The molecule has 21 heavy (non-hydrogen) atoms. The van der Waals surface area contributed by atoms with E-state index in [1.165, 1.54) is 77.0 Å². The summed E-state index contributed by atoms with van der Waals surface area (Å²) in [6.07, 6.45) is 19.4. The highest BCUT2D eigenvalue weighted by Crippen LogP contribution is 2.51. The molecule has 2 N–H and O–H groups in total. The number of rotatable bonds is 15. The van der Waals surface area contributed by atoms with E-state index in [1.807, 2.05) is 6.08 Å². The largest absolute Gasteiger partial charge is 0.337 e. The first-order valence-corrected chi connectivity index (χ1v) is 12.6. The van der Waals surface area contributed by atoms with Crippen molar-refractivity contribution >= 4 is 28.9 Å². The van der Waals surface area contributed by atoms with Gasteiger partial charge in [0.2, 0.25) is 5.69 Å². The Bertz CT molecular complexity index is 290. The Hall–Kier alpha value is 0.660. The van der Waals surface area contributed by atoms with Crippen LogP contribution in [-0.2, 0) is 11.8 Å². The van der Waals surface area contributed by atoms with Crippen molar-refractivity contribution in [3.05, 3.63) is 11.5 Å². The number of unbranched alkanes of at least 4 members (excludes halogenated alkanes) is 12. The Kier molecular flexibility index (Phi) is 16.0. The molecular formula is C16H33O2PS2. The van der Waals surface area contributed by atoms with Crippen LogP contribution < -0.4 is 0 Å². The average Bonchev–Trinajstić information content (AvgIpc) is 2.42. The van der Waals surface area contributed by atoms with Crippen molar-refractivity contribution in [1.29, 1.82) is 0 Å². The van der Waals surface area contributed by atoms with E-state index in [1.54, 1.807) is 5.41 Å². The highest BCUT2D eigenvalue weighted by molar-refractivity contribution is 8.68. The van der Waals surface area contributed by atoms with Crippen molar-refractivity contribution in [3.63, 3.8) is 0 Å². The van der Waals surface area contributed by atoms with Gasteiger partial charge in [-0.3, -0.25) is 0 Å². The third-order valence-electron chi connectivity index (χ3n) is 3.52. The predicted octanol–water partition coefficient (Wildman–Crippen LogP) is 6.53. The highest BCUT2D eigenvalue weighted by atomic mass is 32.9. The zero-order chi connectivity index (χ0) is 15.8. The summed E-state index contributed by atoms with van der Waals surface area (Å²) >= 11 is 5.49. The lowest BCUT2D eigenvalue weighted by molar-refractivity contribution is 0.502. The molecule has 0 aliphatic heterocycles. The van der Waals surface area contributed by atoms with Gasteiger partial charge in [-0.1, -0.05) is 83.6 Å². The van der Waals surface area contributed by atoms with Crippen molar-refractivity contribution in [2.24, 2.45) is 0 Å². The van der Waals surface area contributed by atoms with Gasteiger partial charge in [-0.25, -0.2) is 0 Å². The second kappa shape index (κ2) is 15.6. The van der Waals surface area contributed by atoms with Crippen molar-refractivity contribution in [3.8, 4) is 0 Å². The summed E-state index contributed by atoms with van der Waals surface area (Å²) in [5, 5.41) is 1.74. The van der Waals surface area contributed by atoms with Crippen LogP contribution in [0.2, 0.25) is 0 Å². The highest BCUT2D eigenvalue weighted by Gasteiger charge is 2.03. The third-order valence-corrected chi connectivity index (χ3v) is 6.07. The molecule has 0 spiro atoms. The molecular weight excluding hydrogens is 319 g/mol. The molecule has 0 aliphatic rings. The van der Waals surface area contributed by atoms with Gasteiger partial charge in [-0.2, -0.15) is 0 Å². The molecule has 2 nitrogen and oxygen atoms in total. The summed E-state index contributed by atoms with van der Waals surface area (Å²) in [4.78, 5) is 18.0. The van der Waals surface area contributed by atoms with Crippen LogP contribution in [0.3, 0.4) is 0 Å². The lowest BCUT2D eigenvalue weighted by atomic mass is 10.0. The van der Waals surface area contributed by atoms with Crippen LogP contribution in [0, 0.1) is 0 Å². The topological polar surface area (TPSA) is 40.5 Å². The smallest absolute Gasteiger partial charge is 0.246 e. The summed E-state index contributed by atoms with van der Waals surface area (Å²) in [5.41, 5.74) is -3.09. The van der Waals surface area contributed by atoms with Gasteiger partial charge in [-0.05, 0) is 41.4 Å². The van der Waals surface area contributed by atoms with Crippen LogP contribution in [0.1, 0.15) is 90.4 Å². The van der Waals surface area contributed by atoms with Crippen molar-refractivity contribution in [2.45, 2.75) is 90.4 Å². The minimum absolute atomic E-state index is 0.974. The molecule has 0 saturated heterocycles. The molecule has 0 heterocycles. The zero-order valence-corrected chi connectivity index (χ0v) is 16.0. The molecule has 0 atom stereocenters. The molecule has 0 aromatic carbocycles. The number of allylic oxidation sites excluding steroid dienone is 1. The van der Waals surface area contributed by atoms with E-state index in [-0.39, 0.29) is 0 Å². The predicted molar refractivity (Wildman–Crippen MR) is 101 cm³/mol. The Morgan fingerprint density at radius 3 is 1.67 bits per heavy atom. The first-order valence-electron chi connectivity index (χ1n) is 8.45. The van der Waals surface area contributed by atoms with E-state index < -0.39 is 5.69 Å². The Labute approximate surface area is 140 Å². The van der Waals surface area contributed by atoms with E-state index in [0.717, 1.165) is 17.8 Å². The average molecular weight is 353 g/mol. The minimum atomic E-state index is -3.09. The van der Waals surface area contributed by atoms with E-state index in [0.29, 0.717) is 0 Å². The standard InChI is InChI=1S/C16H33O2PS2/c1-2-3-4-5-6-7-8-9-10-11-12-13-14-15-16-21-19(17,18)20/h15-16H,2-14H2,1H3,(H2,17,18,20). The fourth-order valence-electron chi connectivity index (χ4n) is 2.29. The fourth-order valence-corrected chi connectivity index (χ4v) is 3.86. The van der Waals surface area contributed by atoms with Crippen LogP contribution in [0.15, 0.2) is 11.5 Å². The molecule has 0 fully saturated rings. The van der Waals surface area contributed by atoms with Crippen LogP contribution >= 0.6 is 17.1 Å². The van der Waals surface area contributed by atoms with Gasteiger partial charge >= 0.3 is 0 Å². The number of hydrogen-bond acceptors (Lipinski definition) is 2. The Morgan fingerprint density at radius 1 is 0.810 bits per heavy atom. The van der Waals surface area contributed by atoms with Gasteiger partial charge in [0.05, 0.1) is 0 Å². The van der Waals surface area contributed by atoms with Gasteiger partial charge in [0, 0.05) is 0 Å². The fraction of sp³-hybridized carbons (Fsp3) is 0.875. The molecule has 0 aromatic heterocycles. The molecule has 0 rings (SSSR count). The summed E-state index contributed by atoms with van der Waals surface area (Å²) in [6.45, 7) is 2.27. The van der Waals surface area contributed by atoms with Crippen LogP contribution in [0.25, 0.3) is 0 Å². The van der Waals surface area contributed by atoms with Gasteiger partial charge in [0.15, 0.2) is 0 Å². The molecule has 126 valence electrons. The second-order valence-corrected chi connectivity index (χ2v) is 11.5. The molecule has 0 saturated carbocycles. The second-order valence-electron chi connectivity index (χ2n) is 5.65. The van der Waals surface area contributed by atoms with Crippen molar-refractivity contribution in [2.75, 3.05) is 0 Å². The van der Waals surface area contributed by atoms with Gasteiger partial charge < -0.3 is 9.79 Å². The quantitative estimate of drug-likeness (QED) is 0.259. The summed E-state index contributed by atoms with van der Waals surface area (Å²) < 4.78 is 0. The normalized spacial score (nSPS) is 12.3. The third kappa shape index (κ3) is 20.7. The monoisotopic (exact) mass is 352 g/mol. The van der Waals surface area contributed by atoms with Crippen LogP contribution in [-0.4, -0.2) is 9.79 Å². The van der Waals surface area contributed by atoms with E-state index in [4.69, 9.17) is 9.79 Å². The zero-order valence-electron chi connectivity index (χ0n) is 13.5. The van der Waals surface area contributed by atoms with E-state index in [2.05, 4.69) is 18.7 Å². The van der Waals surface area contributed by atoms with Gasteiger partial charge in [0.25, 0.3) is 0 Å². The first kappa shape index (κ1) is 21.7. The van der Waals surface area contributed by atoms with Gasteiger partial charge in [-0.15, -0.1) is 0 Å². The van der Waals surface area contributed by atoms with E-state index >= 15 is 0 Å². The lowest BCUT2D eigenvalue weighted by Gasteiger charge is -2.02. The first-order chi connectivity index (χ1) is 10.1. The Balaban J connectivity index is 3.11. The lowest BCUT2D eigenvalue weighted by Crippen LogP contribution is -1.82. The summed E-state index contributed by atoms with van der Waals surface area (Å²) in [7, 11) is 0. The summed E-state index contributed by atoms with van der Waals surface area (Å²) in [5.74, 6) is 0. The maximum absolute atomic E-state index is 9.01. The number of hydrogen-bond donors (Lipinski definition) is 2. The van der Waals surface area contributed by atoms with Crippen molar-refractivity contribution in [1.82, 2.24) is 0 Å². The van der Waals surface area contributed by atoms with Crippen molar-refractivity contribution < 1.29 is 9.79 Å². The SMILES string of the molecule is CCCCCCCCCCCCCCC=CSP(O)(O)=S. The molecule has 0 amide bonds. The minimum Gasteiger partial charge on any atom is -0.337 e. The van der Waals surface area contributed by atoms with Gasteiger partial charge in [0.1, 0.15) is 0 Å². The molecule has 0 radical (unpaired) electrons. The van der Waals surface area contributed by atoms with Crippen LogP contribution in [0.5, 0.6) is 0 Å². The molecule has 0 aromatic rings. The van der Waals surface area contributed by atoms with Crippen LogP contribution in [0.4, 0.5) is 0 Å². The van der Waals surface area contributed by atoms with E-state index in [9.17, 15) is 0 Å².